The Kier molecular flexibility index (Phi) is 8.36. The molecule has 0 aromatic heterocycles. The van der Waals surface area contributed by atoms with Crippen molar-refractivity contribution in [3.8, 4) is 0 Å². The van der Waals surface area contributed by atoms with Gasteiger partial charge in [-0.2, -0.15) is 0 Å². The zero-order valence-corrected chi connectivity index (χ0v) is 6.63. The van der Waals surface area contributed by atoms with Gasteiger partial charge in [0.15, 0.2) is 0 Å². The molecule has 0 aliphatic heterocycles. The Labute approximate surface area is 70.3 Å². The minimum absolute atomic E-state index is 0. The van der Waals surface area contributed by atoms with Crippen molar-refractivity contribution < 1.29 is 31.8 Å². The molecule has 0 spiro atoms. The standard InChI is InChI=1S/C6H10O3.Cu/c1-2-3-5(7)4-6(8)9;/h2-4H2,1H3,(H,8,9);. The summed E-state index contributed by atoms with van der Waals surface area (Å²) in [7, 11) is 0. The van der Waals surface area contributed by atoms with E-state index < -0.39 is 5.97 Å². The first kappa shape index (κ1) is 12.3. The Bertz CT molecular complexity index is 122. The van der Waals surface area contributed by atoms with Crippen molar-refractivity contribution in [2.45, 2.75) is 26.2 Å². The van der Waals surface area contributed by atoms with E-state index in [0.29, 0.717) is 6.42 Å². The fraction of sp³-hybridized carbons (Fsp3) is 0.667. The number of carboxylic acids is 1. The Balaban J connectivity index is 0. The number of carbonyl (C=O) groups excluding carboxylic acids is 1. The maximum atomic E-state index is 10.5. The molecule has 0 saturated heterocycles. The SMILES string of the molecule is CCCC(=O)CC(=O)O.[Cu]. The third kappa shape index (κ3) is 7.66. The largest absolute Gasteiger partial charge is 0.481 e. The van der Waals surface area contributed by atoms with Crippen LogP contribution in [0.1, 0.15) is 26.2 Å². The quantitative estimate of drug-likeness (QED) is 0.532. The average Bonchev–Trinajstić information content (AvgIpc) is 1.63. The van der Waals surface area contributed by atoms with E-state index in [-0.39, 0.29) is 29.3 Å². The molecule has 0 fully saturated rings. The topological polar surface area (TPSA) is 54.4 Å². The number of hydrogen-bond acceptors (Lipinski definition) is 2. The minimum Gasteiger partial charge on any atom is -0.481 e. The third-order valence-corrected chi connectivity index (χ3v) is 0.877. The summed E-state index contributed by atoms with van der Waals surface area (Å²) in [4.78, 5) is 20.3. The van der Waals surface area contributed by atoms with Crippen LogP contribution < -0.4 is 0 Å². The smallest absolute Gasteiger partial charge is 0.310 e. The molecule has 63 valence electrons. The predicted molar refractivity (Wildman–Crippen MR) is 32.2 cm³/mol. The molecule has 0 aromatic rings. The Morgan fingerprint density at radius 2 is 1.90 bits per heavy atom. The molecule has 3 nitrogen and oxygen atoms in total. The number of ketones is 1. The van der Waals surface area contributed by atoms with Gasteiger partial charge in [-0.25, -0.2) is 0 Å². The second-order valence-electron chi connectivity index (χ2n) is 1.86. The van der Waals surface area contributed by atoms with E-state index in [1.54, 1.807) is 0 Å². The summed E-state index contributed by atoms with van der Waals surface area (Å²) in [6, 6.07) is 0. The molecule has 0 bridgehead atoms. The van der Waals surface area contributed by atoms with E-state index in [9.17, 15) is 9.59 Å². The van der Waals surface area contributed by atoms with Crippen LogP contribution >= 0.6 is 0 Å². The maximum Gasteiger partial charge on any atom is 0.310 e. The van der Waals surface area contributed by atoms with Gasteiger partial charge in [-0.05, 0) is 6.42 Å². The van der Waals surface area contributed by atoms with Crippen molar-refractivity contribution in [3.05, 3.63) is 0 Å². The zero-order valence-electron chi connectivity index (χ0n) is 5.69. The number of carboxylic acid groups (broad SMARTS) is 1. The van der Waals surface area contributed by atoms with E-state index in [1.165, 1.54) is 0 Å². The normalized spacial score (nSPS) is 8.10. The second kappa shape index (κ2) is 6.77. The first-order chi connectivity index (χ1) is 4.16. The van der Waals surface area contributed by atoms with E-state index >= 15 is 0 Å². The molecule has 0 aliphatic rings. The number of hydrogen-bond donors (Lipinski definition) is 1. The molecular formula is C6H10CuO3. The van der Waals surface area contributed by atoms with Gasteiger partial charge < -0.3 is 5.11 Å². The Morgan fingerprint density at radius 3 is 2.20 bits per heavy atom. The molecular weight excluding hydrogens is 184 g/mol. The maximum absolute atomic E-state index is 10.5. The summed E-state index contributed by atoms with van der Waals surface area (Å²) in [5, 5.41) is 8.09. The van der Waals surface area contributed by atoms with Gasteiger partial charge in [0, 0.05) is 23.5 Å². The van der Waals surface area contributed by atoms with Gasteiger partial charge in [0.05, 0.1) is 0 Å². The molecule has 10 heavy (non-hydrogen) atoms. The number of Topliss-reactive ketones (excluding diaryl/α,β-unsaturated/α-hetero) is 1. The molecule has 0 aliphatic carbocycles. The predicted octanol–water partition coefficient (Wildman–Crippen LogP) is 0.828. The van der Waals surface area contributed by atoms with E-state index in [2.05, 4.69) is 0 Å². The van der Waals surface area contributed by atoms with Gasteiger partial charge >= 0.3 is 5.97 Å². The van der Waals surface area contributed by atoms with E-state index in [0.717, 1.165) is 6.42 Å². The van der Waals surface area contributed by atoms with Crippen LogP contribution in [0.4, 0.5) is 0 Å². The first-order valence-electron chi connectivity index (χ1n) is 2.90. The van der Waals surface area contributed by atoms with Crippen molar-refractivity contribution in [1.29, 1.82) is 0 Å². The molecule has 0 rings (SSSR count). The summed E-state index contributed by atoms with van der Waals surface area (Å²) >= 11 is 0. The molecule has 0 unspecified atom stereocenters. The van der Waals surface area contributed by atoms with Gasteiger partial charge in [-0.3, -0.25) is 9.59 Å². The van der Waals surface area contributed by atoms with Gasteiger partial charge in [-0.15, -0.1) is 0 Å². The van der Waals surface area contributed by atoms with Crippen molar-refractivity contribution in [3.63, 3.8) is 0 Å². The average molecular weight is 194 g/mol. The van der Waals surface area contributed by atoms with Gasteiger partial charge in [0.25, 0.3) is 0 Å². The first-order valence-corrected chi connectivity index (χ1v) is 2.90. The fourth-order valence-corrected chi connectivity index (χ4v) is 0.536. The van der Waals surface area contributed by atoms with Crippen molar-refractivity contribution >= 4 is 11.8 Å². The van der Waals surface area contributed by atoms with Crippen LogP contribution in [0.5, 0.6) is 0 Å². The zero-order chi connectivity index (χ0) is 7.28. The van der Waals surface area contributed by atoms with Crippen LogP contribution in [0.2, 0.25) is 0 Å². The molecule has 1 N–H and O–H groups in total. The van der Waals surface area contributed by atoms with Crippen LogP contribution in [-0.2, 0) is 26.7 Å². The molecule has 1 radical (unpaired) electrons. The number of carbonyl (C=O) groups is 2. The molecule has 4 heteroatoms. The van der Waals surface area contributed by atoms with E-state index in [4.69, 9.17) is 5.11 Å². The summed E-state index contributed by atoms with van der Waals surface area (Å²) in [5.41, 5.74) is 0. The van der Waals surface area contributed by atoms with Crippen LogP contribution in [0.25, 0.3) is 0 Å². The molecule has 0 heterocycles. The van der Waals surface area contributed by atoms with Crippen LogP contribution in [-0.4, -0.2) is 16.9 Å². The van der Waals surface area contributed by atoms with Gasteiger partial charge in [0.1, 0.15) is 12.2 Å². The molecule has 0 aromatic carbocycles. The number of rotatable bonds is 4. The summed E-state index contributed by atoms with van der Waals surface area (Å²) in [6.45, 7) is 1.85. The number of aliphatic carboxylic acids is 1. The molecule has 0 atom stereocenters. The van der Waals surface area contributed by atoms with Crippen molar-refractivity contribution in [2.24, 2.45) is 0 Å². The summed E-state index contributed by atoms with van der Waals surface area (Å²) in [6.07, 6.45) is 0.784. The summed E-state index contributed by atoms with van der Waals surface area (Å²) < 4.78 is 0. The van der Waals surface area contributed by atoms with Crippen molar-refractivity contribution in [1.82, 2.24) is 0 Å². The van der Waals surface area contributed by atoms with E-state index in [1.807, 2.05) is 6.92 Å². The van der Waals surface area contributed by atoms with Crippen LogP contribution in [0, 0.1) is 0 Å². The fourth-order valence-electron chi connectivity index (χ4n) is 0.536. The van der Waals surface area contributed by atoms with Gasteiger partial charge in [0.2, 0.25) is 0 Å². The third-order valence-electron chi connectivity index (χ3n) is 0.877. The Morgan fingerprint density at radius 1 is 1.40 bits per heavy atom. The van der Waals surface area contributed by atoms with Crippen molar-refractivity contribution in [2.75, 3.05) is 0 Å². The minimum atomic E-state index is -1.03. The summed E-state index contributed by atoms with van der Waals surface area (Å²) in [5.74, 6) is -1.22. The van der Waals surface area contributed by atoms with Crippen LogP contribution in [0.15, 0.2) is 0 Å². The van der Waals surface area contributed by atoms with Gasteiger partial charge in [-0.1, -0.05) is 6.92 Å². The second-order valence-corrected chi connectivity index (χ2v) is 1.86. The monoisotopic (exact) mass is 193 g/mol. The molecule has 0 saturated carbocycles. The van der Waals surface area contributed by atoms with Crippen LogP contribution in [0.3, 0.4) is 0 Å². The molecule has 0 amide bonds. The Hall–Kier alpha value is -0.341.